The van der Waals surface area contributed by atoms with Crippen LogP contribution in [0.1, 0.15) is 23.2 Å². The number of rotatable bonds is 2. The number of likely N-dealkylation sites (tertiary alicyclic amines) is 1. The van der Waals surface area contributed by atoms with Crippen LogP contribution in [0.15, 0.2) is 42.7 Å². The summed E-state index contributed by atoms with van der Waals surface area (Å²) in [4.78, 5) is 17.3. The molecule has 0 aliphatic carbocycles. The smallest absolute Gasteiger partial charge is 0.231 e. The second-order valence-corrected chi connectivity index (χ2v) is 7.00. The predicted octanol–water partition coefficient (Wildman–Crippen LogP) is 3.62. The van der Waals surface area contributed by atoms with Crippen LogP contribution >= 0.6 is 0 Å². The van der Waals surface area contributed by atoms with Crippen molar-refractivity contribution in [1.82, 2.24) is 14.5 Å². The minimum Gasteiger partial charge on any atom is -0.454 e. The molecule has 2 aliphatic heterocycles. The van der Waals surface area contributed by atoms with Crippen molar-refractivity contribution in [2.24, 2.45) is 0 Å². The third-order valence-corrected chi connectivity index (χ3v) is 4.97. The van der Waals surface area contributed by atoms with E-state index in [0.717, 1.165) is 60.4 Å². The lowest BCUT2D eigenvalue weighted by molar-refractivity contribution is 0.112. The van der Waals surface area contributed by atoms with Crippen LogP contribution in [0.25, 0.3) is 16.7 Å². The monoisotopic (exact) mass is 383 g/mol. The van der Waals surface area contributed by atoms with E-state index in [4.69, 9.17) is 9.47 Å². The molecule has 1 aromatic carbocycles. The summed E-state index contributed by atoms with van der Waals surface area (Å²) in [6, 6.07) is 9.49. The van der Waals surface area contributed by atoms with E-state index in [1.807, 2.05) is 48.1 Å². The molecular formula is C21H22FN3O3. The number of carbonyl (C=O) groups is 1. The molecule has 2 aliphatic rings. The fraction of sp³-hybridized carbons (Fsp3) is 0.333. The van der Waals surface area contributed by atoms with Gasteiger partial charge in [0.25, 0.3) is 0 Å². The molecule has 0 spiro atoms. The van der Waals surface area contributed by atoms with Gasteiger partial charge in [0.2, 0.25) is 6.79 Å². The molecule has 6 nitrogen and oxygen atoms in total. The van der Waals surface area contributed by atoms with Gasteiger partial charge in [0, 0.05) is 42.5 Å². The zero-order chi connectivity index (χ0) is 19.5. The first-order chi connectivity index (χ1) is 13.6. The van der Waals surface area contributed by atoms with Gasteiger partial charge in [0.15, 0.2) is 17.8 Å². The molecular weight excluding hydrogens is 361 g/mol. The van der Waals surface area contributed by atoms with Gasteiger partial charge in [-0.05, 0) is 44.2 Å². The average Bonchev–Trinajstić information content (AvgIpc) is 3.36. The van der Waals surface area contributed by atoms with Crippen LogP contribution < -0.4 is 9.47 Å². The van der Waals surface area contributed by atoms with Crippen molar-refractivity contribution in [3.63, 3.8) is 0 Å². The molecule has 3 aromatic rings. The Hall–Kier alpha value is -2.93. The number of alkyl halides is 1. The first-order valence-electron chi connectivity index (χ1n) is 9.29. The maximum atomic E-state index is 12.3. The molecule has 0 unspecified atom stereocenters. The fourth-order valence-corrected chi connectivity index (χ4v) is 3.33. The molecule has 146 valence electrons. The number of hydrogen-bond donors (Lipinski definition) is 0. The molecule has 7 heteroatoms. The molecule has 28 heavy (non-hydrogen) atoms. The number of carbonyl (C=O) groups excluding carboxylic acids is 1. The van der Waals surface area contributed by atoms with Crippen molar-refractivity contribution in [2.45, 2.75) is 19.0 Å². The molecule has 0 saturated carbocycles. The second kappa shape index (κ2) is 7.98. The summed E-state index contributed by atoms with van der Waals surface area (Å²) in [5.74, 6) is 1.48. The van der Waals surface area contributed by atoms with Crippen molar-refractivity contribution in [1.29, 1.82) is 0 Å². The molecule has 2 aromatic heterocycles. The van der Waals surface area contributed by atoms with E-state index in [9.17, 15) is 9.18 Å². The van der Waals surface area contributed by atoms with Gasteiger partial charge in [-0.1, -0.05) is 0 Å². The Labute approximate surface area is 162 Å². The van der Waals surface area contributed by atoms with E-state index in [2.05, 4.69) is 9.88 Å². The van der Waals surface area contributed by atoms with Gasteiger partial charge in [0.05, 0.1) is 5.69 Å². The van der Waals surface area contributed by atoms with E-state index in [1.54, 1.807) is 6.20 Å². The summed E-state index contributed by atoms with van der Waals surface area (Å²) in [6.07, 6.45) is 5.23. The predicted molar refractivity (Wildman–Crippen MR) is 104 cm³/mol. The number of pyridine rings is 1. The molecule has 4 heterocycles. The van der Waals surface area contributed by atoms with Crippen molar-refractivity contribution in [2.75, 3.05) is 26.9 Å². The van der Waals surface area contributed by atoms with Crippen molar-refractivity contribution in [3.8, 4) is 17.2 Å². The second-order valence-electron chi connectivity index (χ2n) is 7.00. The Morgan fingerprint density at radius 1 is 1.14 bits per heavy atom. The highest BCUT2D eigenvalue weighted by Crippen LogP contribution is 2.34. The average molecular weight is 383 g/mol. The minimum absolute atomic E-state index is 0.256. The fourth-order valence-electron chi connectivity index (χ4n) is 3.33. The van der Waals surface area contributed by atoms with Crippen molar-refractivity contribution in [3.05, 3.63) is 48.3 Å². The highest BCUT2D eigenvalue weighted by Gasteiger charge is 2.15. The number of ether oxygens (including phenoxy) is 2. The van der Waals surface area contributed by atoms with Crippen molar-refractivity contribution < 1.29 is 18.7 Å². The maximum absolute atomic E-state index is 12.3. The van der Waals surface area contributed by atoms with Gasteiger partial charge < -0.3 is 18.9 Å². The minimum atomic E-state index is -0.522. The molecule has 0 N–H and O–H groups in total. The first kappa shape index (κ1) is 18.4. The Kier molecular flexibility index (Phi) is 5.25. The highest BCUT2D eigenvalue weighted by molar-refractivity contribution is 5.85. The third-order valence-electron chi connectivity index (χ3n) is 4.97. The number of benzene rings is 1. The van der Waals surface area contributed by atoms with Crippen LogP contribution in [0.4, 0.5) is 4.39 Å². The first-order valence-corrected chi connectivity index (χ1v) is 9.29. The summed E-state index contributed by atoms with van der Waals surface area (Å²) >= 11 is 0. The van der Waals surface area contributed by atoms with Crippen molar-refractivity contribution >= 4 is 17.3 Å². The van der Waals surface area contributed by atoms with Crippen LogP contribution in [0.2, 0.25) is 0 Å². The highest BCUT2D eigenvalue weighted by atomic mass is 19.1. The van der Waals surface area contributed by atoms with Gasteiger partial charge in [0.1, 0.15) is 11.8 Å². The summed E-state index contributed by atoms with van der Waals surface area (Å²) < 4.78 is 25.0. The van der Waals surface area contributed by atoms with Crippen LogP contribution in [0.3, 0.4) is 0 Å². The lowest BCUT2D eigenvalue weighted by Gasteiger charge is -2.23. The number of halogens is 1. The molecule has 0 bridgehead atoms. The number of fused-ring (bicyclic) bond motifs is 2. The summed E-state index contributed by atoms with van der Waals surface area (Å²) in [5.41, 5.74) is 2.31. The van der Waals surface area contributed by atoms with Gasteiger partial charge in [-0.15, -0.1) is 0 Å². The van der Waals surface area contributed by atoms with E-state index >= 15 is 0 Å². The van der Waals surface area contributed by atoms with Crippen LogP contribution in [0.5, 0.6) is 11.5 Å². The Morgan fingerprint density at radius 3 is 2.68 bits per heavy atom. The topological polar surface area (TPSA) is 56.6 Å². The maximum Gasteiger partial charge on any atom is 0.231 e. The zero-order valence-corrected chi connectivity index (χ0v) is 15.7. The SMILES string of the molecule is CN1CCC(F)CC1.O=Cc1cnc2c(ccn2-c2ccc3c(c2)OCO3)c1. The molecule has 5 rings (SSSR count). The number of aldehydes is 1. The lowest BCUT2D eigenvalue weighted by Crippen LogP contribution is -2.30. The quantitative estimate of drug-likeness (QED) is 0.633. The standard InChI is InChI=1S/C15H10N2O3.C6H12FN/c18-8-10-5-11-3-4-17(15(11)16-7-10)12-1-2-13-14(6-12)20-9-19-13;1-8-4-2-6(7)3-5-8/h1-8H,9H2;6H,2-5H2,1H3. The number of piperidine rings is 1. The number of nitrogens with zero attached hydrogens (tertiary/aromatic N) is 3. The molecule has 0 amide bonds. The Bertz CT molecular complexity index is 970. The normalized spacial score (nSPS) is 16.6. The lowest BCUT2D eigenvalue weighted by atomic mass is 10.1. The molecule has 1 fully saturated rings. The molecule has 0 atom stereocenters. The largest absolute Gasteiger partial charge is 0.454 e. The van der Waals surface area contributed by atoms with Crippen LogP contribution in [-0.4, -0.2) is 53.8 Å². The van der Waals surface area contributed by atoms with E-state index in [-0.39, 0.29) is 6.79 Å². The van der Waals surface area contributed by atoms with E-state index < -0.39 is 6.17 Å². The van der Waals surface area contributed by atoms with Gasteiger partial charge in [-0.2, -0.15) is 0 Å². The van der Waals surface area contributed by atoms with Gasteiger partial charge >= 0.3 is 0 Å². The Balaban J connectivity index is 0.000000203. The van der Waals surface area contributed by atoms with E-state index in [1.165, 1.54) is 0 Å². The van der Waals surface area contributed by atoms with Crippen LogP contribution in [0, 0.1) is 0 Å². The van der Waals surface area contributed by atoms with E-state index in [0.29, 0.717) is 5.56 Å². The zero-order valence-electron chi connectivity index (χ0n) is 15.7. The van der Waals surface area contributed by atoms with Crippen LogP contribution in [-0.2, 0) is 0 Å². The third kappa shape index (κ3) is 3.84. The van der Waals surface area contributed by atoms with Gasteiger partial charge in [-0.3, -0.25) is 4.79 Å². The molecule has 0 radical (unpaired) electrons. The summed E-state index contributed by atoms with van der Waals surface area (Å²) in [7, 11) is 2.03. The van der Waals surface area contributed by atoms with Gasteiger partial charge in [-0.25, -0.2) is 9.37 Å². The summed E-state index contributed by atoms with van der Waals surface area (Å²) in [6.45, 7) is 2.12. The Morgan fingerprint density at radius 2 is 1.93 bits per heavy atom. The summed E-state index contributed by atoms with van der Waals surface area (Å²) in [5, 5.41) is 0.923. The molecule has 1 saturated heterocycles. The number of aromatic nitrogens is 2. The number of hydrogen-bond acceptors (Lipinski definition) is 5.